The number of ether oxygens (including phenoxy) is 1. The van der Waals surface area contributed by atoms with Gasteiger partial charge in [0.15, 0.2) is 0 Å². The molecule has 0 aliphatic carbocycles. The van der Waals surface area contributed by atoms with Gasteiger partial charge in [0, 0.05) is 12.1 Å². The topological polar surface area (TPSA) is 21.3 Å². The lowest BCUT2D eigenvalue weighted by Gasteiger charge is -2.14. The van der Waals surface area contributed by atoms with Crippen LogP contribution in [0.25, 0.3) is 0 Å². The third-order valence-corrected chi connectivity index (χ3v) is 2.93. The standard InChI is InChI=1S/C15H24FNO/c1-4-9-17-13(3)6-5-10-18-15-11-14(16)8-7-12(15)2/h7-8,11,13,17H,4-6,9-10H2,1-3H3. The smallest absolute Gasteiger partial charge is 0.126 e. The molecule has 0 bridgehead atoms. The van der Waals surface area contributed by atoms with Crippen molar-refractivity contribution in [1.82, 2.24) is 5.32 Å². The minimum absolute atomic E-state index is 0.242. The summed E-state index contributed by atoms with van der Waals surface area (Å²) >= 11 is 0. The molecule has 102 valence electrons. The molecule has 1 aromatic carbocycles. The van der Waals surface area contributed by atoms with Crippen molar-refractivity contribution in [2.24, 2.45) is 0 Å². The average molecular weight is 253 g/mol. The van der Waals surface area contributed by atoms with Crippen molar-refractivity contribution in [3.63, 3.8) is 0 Å². The van der Waals surface area contributed by atoms with Crippen LogP contribution in [0, 0.1) is 12.7 Å². The fourth-order valence-electron chi connectivity index (χ4n) is 1.79. The van der Waals surface area contributed by atoms with E-state index in [2.05, 4.69) is 19.2 Å². The molecule has 2 nitrogen and oxygen atoms in total. The summed E-state index contributed by atoms with van der Waals surface area (Å²) in [6.45, 7) is 7.98. The number of halogens is 1. The van der Waals surface area contributed by atoms with Gasteiger partial charge in [-0.15, -0.1) is 0 Å². The van der Waals surface area contributed by atoms with E-state index < -0.39 is 0 Å². The largest absolute Gasteiger partial charge is 0.493 e. The van der Waals surface area contributed by atoms with Gasteiger partial charge in [0.25, 0.3) is 0 Å². The van der Waals surface area contributed by atoms with Crippen LogP contribution in [0.15, 0.2) is 18.2 Å². The van der Waals surface area contributed by atoms with Gasteiger partial charge < -0.3 is 10.1 Å². The predicted octanol–water partition coefficient (Wildman–Crippen LogP) is 3.68. The minimum atomic E-state index is -0.242. The molecule has 0 radical (unpaired) electrons. The van der Waals surface area contributed by atoms with E-state index in [4.69, 9.17) is 4.74 Å². The molecule has 0 aliphatic heterocycles. The van der Waals surface area contributed by atoms with Crippen LogP contribution >= 0.6 is 0 Å². The van der Waals surface area contributed by atoms with Crippen LogP contribution in [0.4, 0.5) is 4.39 Å². The molecule has 0 aromatic heterocycles. The third kappa shape index (κ3) is 5.50. The minimum Gasteiger partial charge on any atom is -0.493 e. The summed E-state index contributed by atoms with van der Waals surface area (Å²) in [7, 11) is 0. The number of rotatable bonds is 8. The van der Waals surface area contributed by atoms with Crippen molar-refractivity contribution < 1.29 is 9.13 Å². The van der Waals surface area contributed by atoms with Gasteiger partial charge in [-0.3, -0.25) is 0 Å². The van der Waals surface area contributed by atoms with Crippen LogP contribution in [-0.2, 0) is 0 Å². The van der Waals surface area contributed by atoms with Crippen LogP contribution in [-0.4, -0.2) is 19.2 Å². The Balaban J connectivity index is 2.23. The van der Waals surface area contributed by atoms with Crippen molar-refractivity contribution in [3.05, 3.63) is 29.6 Å². The SMILES string of the molecule is CCCNC(C)CCCOc1cc(F)ccc1C. The fraction of sp³-hybridized carbons (Fsp3) is 0.600. The van der Waals surface area contributed by atoms with Crippen molar-refractivity contribution in [2.75, 3.05) is 13.2 Å². The van der Waals surface area contributed by atoms with Gasteiger partial charge in [-0.2, -0.15) is 0 Å². The van der Waals surface area contributed by atoms with E-state index in [9.17, 15) is 4.39 Å². The first-order valence-corrected chi connectivity index (χ1v) is 6.75. The van der Waals surface area contributed by atoms with Crippen LogP contribution < -0.4 is 10.1 Å². The Labute approximate surface area is 110 Å². The molecule has 1 aromatic rings. The second-order valence-electron chi connectivity index (χ2n) is 4.76. The summed E-state index contributed by atoms with van der Waals surface area (Å²) in [5.41, 5.74) is 0.980. The van der Waals surface area contributed by atoms with Crippen molar-refractivity contribution >= 4 is 0 Å². The third-order valence-electron chi connectivity index (χ3n) is 2.93. The second-order valence-corrected chi connectivity index (χ2v) is 4.76. The maximum atomic E-state index is 13.0. The highest BCUT2D eigenvalue weighted by Crippen LogP contribution is 2.19. The van der Waals surface area contributed by atoms with Gasteiger partial charge in [-0.05, 0) is 51.3 Å². The Morgan fingerprint density at radius 2 is 2.17 bits per heavy atom. The van der Waals surface area contributed by atoms with Crippen LogP contribution in [0.1, 0.15) is 38.7 Å². The van der Waals surface area contributed by atoms with Gasteiger partial charge in [0.05, 0.1) is 6.61 Å². The monoisotopic (exact) mass is 253 g/mol. The van der Waals surface area contributed by atoms with E-state index in [0.29, 0.717) is 18.4 Å². The lowest BCUT2D eigenvalue weighted by molar-refractivity contribution is 0.295. The summed E-state index contributed by atoms with van der Waals surface area (Å²) in [4.78, 5) is 0. The van der Waals surface area contributed by atoms with Gasteiger partial charge in [-0.1, -0.05) is 13.0 Å². The summed E-state index contributed by atoms with van der Waals surface area (Å²) in [5.74, 6) is 0.415. The highest BCUT2D eigenvalue weighted by Gasteiger charge is 2.03. The molecule has 0 heterocycles. The molecular weight excluding hydrogens is 229 g/mol. The zero-order valence-corrected chi connectivity index (χ0v) is 11.6. The van der Waals surface area contributed by atoms with E-state index in [0.717, 1.165) is 31.4 Å². The molecule has 1 rings (SSSR count). The van der Waals surface area contributed by atoms with Crippen molar-refractivity contribution in [3.8, 4) is 5.75 Å². The molecular formula is C15H24FNO. The number of hydrogen-bond acceptors (Lipinski definition) is 2. The van der Waals surface area contributed by atoms with E-state index in [1.54, 1.807) is 6.07 Å². The Hall–Kier alpha value is -1.09. The molecule has 0 aliphatic rings. The summed E-state index contributed by atoms with van der Waals surface area (Å²) in [6.07, 6.45) is 3.21. The average Bonchev–Trinajstić information content (AvgIpc) is 2.36. The lowest BCUT2D eigenvalue weighted by atomic mass is 10.2. The molecule has 0 saturated carbocycles. The van der Waals surface area contributed by atoms with Crippen molar-refractivity contribution in [1.29, 1.82) is 0 Å². The first-order chi connectivity index (χ1) is 8.63. The maximum absolute atomic E-state index is 13.0. The Kier molecular flexibility index (Phi) is 6.73. The van der Waals surface area contributed by atoms with Crippen LogP contribution in [0.3, 0.4) is 0 Å². The fourth-order valence-corrected chi connectivity index (χ4v) is 1.79. The zero-order chi connectivity index (χ0) is 13.4. The zero-order valence-electron chi connectivity index (χ0n) is 11.6. The second kappa shape index (κ2) is 8.09. The van der Waals surface area contributed by atoms with Gasteiger partial charge >= 0.3 is 0 Å². The predicted molar refractivity (Wildman–Crippen MR) is 73.6 cm³/mol. The highest BCUT2D eigenvalue weighted by molar-refractivity contribution is 5.32. The molecule has 0 fully saturated rings. The number of benzene rings is 1. The Morgan fingerprint density at radius 1 is 1.39 bits per heavy atom. The molecule has 1 atom stereocenters. The van der Waals surface area contributed by atoms with Gasteiger partial charge in [0.2, 0.25) is 0 Å². The number of aryl methyl sites for hydroxylation is 1. The Bertz CT molecular complexity index is 354. The van der Waals surface area contributed by atoms with Gasteiger partial charge in [-0.25, -0.2) is 4.39 Å². The van der Waals surface area contributed by atoms with Crippen LogP contribution in [0.5, 0.6) is 5.75 Å². The maximum Gasteiger partial charge on any atom is 0.126 e. The summed E-state index contributed by atoms with van der Waals surface area (Å²) in [6, 6.07) is 5.17. The molecule has 0 spiro atoms. The normalized spacial score (nSPS) is 12.4. The van der Waals surface area contributed by atoms with E-state index in [1.807, 2.05) is 6.92 Å². The Morgan fingerprint density at radius 3 is 2.89 bits per heavy atom. The molecule has 1 unspecified atom stereocenters. The lowest BCUT2D eigenvalue weighted by Crippen LogP contribution is -2.26. The molecule has 3 heteroatoms. The summed E-state index contributed by atoms with van der Waals surface area (Å²) in [5, 5.41) is 3.44. The van der Waals surface area contributed by atoms with Crippen LogP contribution in [0.2, 0.25) is 0 Å². The first kappa shape index (κ1) is 15.0. The summed E-state index contributed by atoms with van der Waals surface area (Å²) < 4.78 is 18.6. The van der Waals surface area contributed by atoms with Crippen molar-refractivity contribution in [2.45, 2.75) is 46.1 Å². The van der Waals surface area contributed by atoms with E-state index in [-0.39, 0.29) is 5.82 Å². The quantitative estimate of drug-likeness (QED) is 0.714. The molecule has 18 heavy (non-hydrogen) atoms. The molecule has 1 N–H and O–H groups in total. The number of hydrogen-bond donors (Lipinski definition) is 1. The molecule has 0 saturated heterocycles. The highest BCUT2D eigenvalue weighted by atomic mass is 19.1. The molecule has 0 amide bonds. The van der Waals surface area contributed by atoms with E-state index >= 15 is 0 Å². The first-order valence-electron chi connectivity index (χ1n) is 6.75. The number of nitrogens with one attached hydrogen (secondary N) is 1. The van der Waals surface area contributed by atoms with E-state index in [1.165, 1.54) is 12.1 Å². The van der Waals surface area contributed by atoms with Gasteiger partial charge in [0.1, 0.15) is 11.6 Å².